The Hall–Kier alpha value is -4.90. The lowest BCUT2D eigenvalue weighted by molar-refractivity contribution is -0.384. The Kier molecular flexibility index (Phi) is 7.35. The minimum atomic E-state index is -1.04. The third-order valence-corrected chi connectivity index (χ3v) is 5.40. The molecule has 0 bridgehead atoms. The zero-order chi connectivity index (χ0) is 26.5. The van der Waals surface area contributed by atoms with Crippen LogP contribution in [0.25, 0.3) is 11.0 Å². The molecule has 4 aromatic rings. The van der Waals surface area contributed by atoms with Gasteiger partial charge in [0, 0.05) is 17.5 Å². The van der Waals surface area contributed by atoms with Crippen molar-refractivity contribution in [1.82, 2.24) is 5.43 Å². The number of amides is 1. The summed E-state index contributed by atoms with van der Waals surface area (Å²) in [6.45, 7) is 0.0569. The molecule has 0 saturated carbocycles. The number of furan rings is 1. The Morgan fingerprint density at radius 2 is 2.00 bits per heavy atom. The van der Waals surface area contributed by atoms with Gasteiger partial charge in [-0.15, -0.1) is 0 Å². The van der Waals surface area contributed by atoms with Gasteiger partial charge in [0.15, 0.2) is 17.3 Å². The van der Waals surface area contributed by atoms with Gasteiger partial charge in [-0.25, -0.2) is 10.2 Å². The van der Waals surface area contributed by atoms with Crippen LogP contribution in [-0.2, 0) is 6.61 Å². The van der Waals surface area contributed by atoms with Crippen LogP contribution in [0.15, 0.2) is 70.2 Å². The predicted molar refractivity (Wildman–Crippen MR) is 134 cm³/mol. The first-order valence-corrected chi connectivity index (χ1v) is 11.0. The molecule has 4 rings (SSSR count). The Labute approximate surface area is 214 Å². The van der Waals surface area contributed by atoms with E-state index < -0.39 is 16.8 Å². The van der Waals surface area contributed by atoms with Crippen LogP contribution in [0.4, 0.5) is 5.69 Å². The molecule has 0 aliphatic carbocycles. The normalized spacial score (nSPS) is 11.0. The molecule has 0 saturated heterocycles. The van der Waals surface area contributed by atoms with Crippen molar-refractivity contribution in [2.75, 3.05) is 7.11 Å². The molecule has 1 heterocycles. The summed E-state index contributed by atoms with van der Waals surface area (Å²) in [5, 5.41) is 24.6. The van der Waals surface area contributed by atoms with Gasteiger partial charge in [-0.1, -0.05) is 23.7 Å². The van der Waals surface area contributed by atoms with Crippen LogP contribution in [0.2, 0.25) is 5.02 Å². The average molecular weight is 524 g/mol. The maximum atomic E-state index is 12.4. The van der Waals surface area contributed by atoms with E-state index in [9.17, 15) is 19.7 Å². The highest BCUT2D eigenvalue weighted by molar-refractivity contribution is 6.32. The van der Waals surface area contributed by atoms with Crippen molar-refractivity contribution in [3.8, 4) is 11.5 Å². The predicted octanol–water partition coefficient (Wildman–Crippen LogP) is 5.04. The smallest absolute Gasteiger partial charge is 0.335 e. The minimum absolute atomic E-state index is 0.0569. The third-order valence-electron chi connectivity index (χ3n) is 5.12. The molecule has 0 atom stereocenters. The second kappa shape index (κ2) is 10.8. The van der Waals surface area contributed by atoms with E-state index in [0.29, 0.717) is 27.8 Å². The molecule has 188 valence electrons. The van der Waals surface area contributed by atoms with E-state index in [1.165, 1.54) is 49.7 Å². The maximum Gasteiger partial charge on any atom is 0.335 e. The van der Waals surface area contributed by atoms with Gasteiger partial charge in [-0.2, -0.15) is 5.10 Å². The number of aromatic carboxylic acids is 1. The number of halogens is 1. The molecule has 0 spiro atoms. The molecular formula is C25H18ClN3O8. The summed E-state index contributed by atoms with van der Waals surface area (Å²) < 4.78 is 16.6. The molecule has 12 heteroatoms. The quantitative estimate of drug-likeness (QED) is 0.175. The summed E-state index contributed by atoms with van der Waals surface area (Å²) in [6.07, 6.45) is 1.33. The van der Waals surface area contributed by atoms with Crippen molar-refractivity contribution in [3.05, 3.63) is 98.3 Å². The molecule has 37 heavy (non-hydrogen) atoms. The van der Waals surface area contributed by atoms with Crippen LogP contribution in [-0.4, -0.2) is 35.2 Å². The van der Waals surface area contributed by atoms with Crippen LogP contribution in [0.5, 0.6) is 11.5 Å². The summed E-state index contributed by atoms with van der Waals surface area (Å²) >= 11 is 6.37. The monoisotopic (exact) mass is 523 g/mol. The first-order chi connectivity index (χ1) is 17.7. The number of nitro groups is 1. The lowest BCUT2D eigenvalue weighted by Crippen LogP contribution is -2.16. The van der Waals surface area contributed by atoms with E-state index in [-0.39, 0.29) is 34.4 Å². The minimum Gasteiger partial charge on any atom is -0.493 e. The summed E-state index contributed by atoms with van der Waals surface area (Å²) in [5.41, 5.74) is 3.77. The Bertz CT molecular complexity index is 1550. The van der Waals surface area contributed by atoms with Crippen molar-refractivity contribution >= 4 is 46.3 Å². The van der Waals surface area contributed by atoms with E-state index in [4.69, 9.17) is 30.6 Å². The van der Waals surface area contributed by atoms with E-state index in [2.05, 4.69) is 10.5 Å². The summed E-state index contributed by atoms with van der Waals surface area (Å²) in [4.78, 5) is 33.9. The molecule has 1 amide bonds. The molecular weight excluding hydrogens is 506 g/mol. The van der Waals surface area contributed by atoms with E-state index in [1.807, 2.05) is 0 Å². The number of hydrogen-bond acceptors (Lipinski definition) is 8. The number of rotatable bonds is 9. The largest absolute Gasteiger partial charge is 0.493 e. The number of hydrazone groups is 1. The Morgan fingerprint density at radius 3 is 2.73 bits per heavy atom. The number of non-ortho nitro benzene ring substituents is 1. The van der Waals surface area contributed by atoms with Crippen LogP contribution >= 0.6 is 11.6 Å². The van der Waals surface area contributed by atoms with Crippen LogP contribution in [0, 0.1) is 10.1 Å². The highest BCUT2D eigenvalue weighted by Gasteiger charge is 2.15. The molecule has 0 aliphatic heterocycles. The highest BCUT2D eigenvalue weighted by atomic mass is 35.5. The second-order valence-electron chi connectivity index (χ2n) is 7.62. The number of hydrogen-bond donors (Lipinski definition) is 2. The fraction of sp³-hybridized carbons (Fsp3) is 0.0800. The fourth-order valence-electron chi connectivity index (χ4n) is 3.38. The number of nitro benzene ring substituents is 1. The van der Waals surface area contributed by atoms with Crippen molar-refractivity contribution in [2.24, 2.45) is 5.10 Å². The molecule has 0 fully saturated rings. The van der Waals surface area contributed by atoms with E-state index in [1.54, 1.807) is 24.3 Å². The topological polar surface area (TPSA) is 154 Å². The van der Waals surface area contributed by atoms with Crippen molar-refractivity contribution in [2.45, 2.75) is 6.61 Å². The van der Waals surface area contributed by atoms with Crippen molar-refractivity contribution < 1.29 is 33.5 Å². The van der Waals surface area contributed by atoms with Gasteiger partial charge in [-0.05, 0) is 47.5 Å². The SMILES string of the molecule is COc1cc(C=NNC(=O)c2cc3cc([N+](=O)[O-])ccc3o2)cc(Cl)c1OCc1cccc(C(=O)O)c1. The maximum absolute atomic E-state index is 12.4. The number of carboxylic acid groups (broad SMARTS) is 1. The number of ether oxygens (including phenoxy) is 2. The Morgan fingerprint density at radius 1 is 1.19 bits per heavy atom. The lowest BCUT2D eigenvalue weighted by Gasteiger charge is -2.13. The van der Waals surface area contributed by atoms with Crippen molar-refractivity contribution in [3.63, 3.8) is 0 Å². The Balaban J connectivity index is 1.44. The molecule has 1 aromatic heterocycles. The molecule has 2 N–H and O–H groups in total. The van der Waals surface area contributed by atoms with Gasteiger partial charge in [0.25, 0.3) is 5.69 Å². The first kappa shape index (κ1) is 25.2. The van der Waals surface area contributed by atoms with Crippen molar-refractivity contribution in [1.29, 1.82) is 0 Å². The van der Waals surface area contributed by atoms with E-state index in [0.717, 1.165) is 0 Å². The van der Waals surface area contributed by atoms with Gasteiger partial charge in [-0.3, -0.25) is 14.9 Å². The third kappa shape index (κ3) is 5.85. The fourth-order valence-corrected chi connectivity index (χ4v) is 3.65. The number of carbonyl (C=O) groups is 2. The average Bonchev–Trinajstić information content (AvgIpc) is 3.31. The molecule has 0 aliphatic rings. The number of nitrogens with zero attached hydrogens (tertiary/aromatic N) is 2. The molecule has 11 nitrogen and oxygen atoms in total. The second-order valence-corrected chi connectivity index (χ2v) is 8.02. The van der Waals surface area contributed by atoms with Gasteiger partial charge in [0.2, 0.25) is 0 Å². The van der Waals surface area contributed by atoms with Gasteiger partial charge in [0.1, 0.15) is 12.2 Å². The van der Waals surface area contributed by atoms with Crippen LogP contribution < -0.4 is 14.9 Å². The number of methoxy groups -OCH3 is 1. The molecule has 3 aromatic carbocycles. The number of fused-ring (bicyclic) bond motifs is 1. The van der Waals surface area contributed by atoms with E-state index >= 15 is 0 Å². The standard InChI is InChI=1S/C25H18ClN3O8/c1-35-21-9-15(8-19(26)23(21)36-13-14-3-2-4-16(7-14)25(31)32)12-27-28-24(30)22-11-17-10-18(29(33)34)5-6-20(17)37-22/h2-12H,13H2,1H3,(H,28,30)(H,31,32). The number of nitrogens with one attached hydrogen (secondary N) is 1. The van der Waals surface area contributed by atoms with Gasteiger partial charge in [0.05, 0.1) is 28.8 Å². The zero-order valence-electron chi connectivity index (χ0n) is 19.1. The van der Waals surface area contributed by atoms with Gasteiger partial charge >= 0.3 is 11.9 Å². The van der Waals surface area contributed by atoms with Crippen LogP contribution in [0.3, 0.4) is 0 Å². The number of carbonyl (C=O) groups excluding carboxylic acids is 1. The first-order valence-electron chi connectivity index (χ1n) is 10.6. The number of benzene rings is 3. The summed E-state index contributed by atoms with van der Waals surface area (Å²) in [6, 6.07) is 14.8. The molecule has 0 unspecified atom stereocenters. The summed E-state index contributed by atoms with van der Waals surface area (Å²) in [5.74, 6) is -1.22. The zero-order valence-corrected chi connectivity index (χ0v) is 19.9. The van der Waals surface area contributed by atoms with Gasteiger partial charge < -0.3 is 19.0 Å². The lowest BCUT2D eigenvalue weighted by atomic mass is 10.1. The highest BCUT2D eigenvalue weighted by Crippen LogP contribution is 2.36. The summed E-state index contributed by atoms with van der Waals surface area (Å²) in [7, 11) is 1.43. The number of carboxylic acids is 1. The van der Waals surface area contributed by atoms with Crippen LogP contribution in [0.1, 0.15) is 32.0 Å². The molecule has 0 radical (unpaired) electrons.